The quantitative estimate of drug-likeness (QED) is 0.646. The summed E-state index contributed by atoms with van der Waals surface area (Å²) in [6.07, 6.45) is 2.86. The third kappa shape index (κ3) is 5.39. The second-order valence-corrected chi connectivity index (χ2v) is 6.52. The van der Waals surface area contributed by atoms with Gasteiger partial charge in [-0.05, 0) is 53.9 Å². The number of benzene rings is 2. The topological polar surface area (TPSA) is 51.2 Å². The van der Waals surface area contributed by atoms with Crippen LogP contribution in [-0.4, -0.2) is 24.5 Å². The van der Waals surface area contributed by atoms with E-state index in [1.165, 1.54) is 12.1 Å². The number of methoxy groups -OCH3 is 1. The minimum absolute atomic E-state index is 0.0971. The number of aromatic nitrogens is 1. The second kappa shape index (κ2) is 9.65. The highest BCUT2D eigenvalue weighted by Gasteiger charge is 2.21. The normalized spacial score (nSPS) is 11.6. The van der Waals surface area contributed by atoms with Crippen LogP contribution in [0.2, 0.25) is 0 Å². The van der Waals surface area contributed by atoms with Crippen LogP contribution in [0.25, 0.3) is 0 Å². The lowest BCUT2D eigenvalue weighted by molar-refractivity contribution is -0.122. The number of halogens is 1. The molecular weight excluding hydrogens is 355 g/mol. The molecule has 1 unspecified atom stereocenters. The Bertz CT molecular complexity index is 898. The smallest absolute Gasteiger partial charge is 0.227 e. The van der Waals surface area contributed by atoms with E-state index in [4.69, 9.17) is 4.74 Å². The zero-order valence-corrected chi connectivity index (χ0v) is 15.8. The summed E-state index contributed by atoms with van der Waals surface area (Å²) in [5.41, 5.74) is 2.67. The number of hydrogen-bond acceptors (Lipinski definition) is 3. The molecule has 0 radical (unpaired) electrons. The SMILES string of the molecule is COc1cccc(CCNC(=O)C(Cc2ccccn2)c2ccc(F)cc2)c1. The lowest BCUT2D eigenvalue weighted by Crippen LogP contribution is -2.32. The fraction of sp³-hybridized carbons (Fsp3) is 0.217. The Morgan fingerprint density at radius 2 is 1.93 bits per heavy atom. The minimum atomic E-state index is -0.430. The first-order valence-electron chi connectivity index (χ1n) is 9.21. The summed E-state index contributed by atoms with van der Waals surface area (Å²) < 4.78 is 18.5. The number of pyridine rings is 1. The highest BCUT2D eigenvalue weighted by Crippen LogP contribution is 2.21. The van der Waals surface area contributed by atoms with Gasteiger partial charge in [0.25, 0.3) is 0 Å². The summed E-state index contributed by atoms with van der Waals surface area (Å²) in [4.78, 5) is 17.2. The summed E-state index contributed by atoms with van der Waals surface area (Å²) in [6.45, 7) is 0.506. The van der Waals surface area contributed by atoms with Crippen molar-refractivity contribution in [3.05, 3.63) is 95.6 Å². The van der Waals surface area contributed by atoms with Gasteiger partial charge < -0.3 is 10.1 Å². The van der Waals surface area contributed by atoms with Gasteiger partial charge in [0.2, 0.25) is 5.91 Å². The van der Waals surface area contributed by atoms with Gasteiger partial charge in [0.05, 0.1) is 13.0 Å². The van der Waals surface area contributed by atoms with Crippen LogP contribution >= 0.6 is 0 Å². The molecule has 1 aromatic heterocycles. The predicted molar refractivity (Wildman–Crippen MR) is 107 cm³/mol. The molecule has 0 spiro atoms. The fourth-order valence-corrected chi connectivity index (χ4v) is 3.07. The van der Waals surface area contributed by atoms with Crippen LogP contribution in [0.4, 0.5) is 4.39 Å². The van der Waals surface area contributed by atoms with Gasteiger partial charge in [0.15, 0.2) is 0 Å². The van der Waals surface area contributed by atoms with E-state index in [0.717, 1.165) is 22.6 Å². The lowest BCUT2D eigenvalue weighted by Gasteiger charge is -2.17. The van der Waals surface area contributed by atoms with Gasteiger partial charge in [-0.1, -0.05) is 30.3 Å². The first kappa shape index (κ1) is 19.5. The van der Waals surface area contributed by atoms with Crippen LogP contribution in [0, 0.1) is 5.82 Å². The maximum Gasteiger partial charge on any atom is 0.227 e. The Kier molecular flexibility index (Phi) is 6.73. The summed E-state index contributed by atoms with van der Waals surface area (Å²) >= 11 is 0. The minimum Gasteiger partial charge on any atom is -0.497 e. The molecule has 4 nitrogen and oxygen atoms in total. The molecule has 5 heteroatoms. The van der Waals surface area contributed by atoms with Crippen molar-refractivity contribution in [3.63, 3.8) is 0 Å². The first-order valence-corrected chi connectivity index (χ1v) is 9.21. The Labute approximate surface area is 164 Å². The number of nitrogens with one attached hydrogen (secondary N) is 1. The van der Waals surface area contributed by atoms with Crippen molar-refractivity contribution in [2.75, 3.05) is 13.7 Å². The Morgan fingerprint density at radius 3 is 2.64 bits per heavy atom. The molecule has 0 fully saturated rings. The number of hydrogen-bond donors (Lipinski definition) is 1. The van der Waals surface area contributed by atoms with Crippen molar-refractivity contribution in [2.24, 2.45) is 0 Å². The third-order valence-corrected chi connectivity index (χ3v) is 4.58. The molecule has 0 saturated heterocycles. The highest BCUT2D eigenvalue weighted by atomic mass is 19.1. The third-order valence-electron chi connectivity index (χ3n) is 4.58. The van der Waals surface area contributed by atoms with Crippen molar-refractivity contribution in [1.82, 2.24) is 10.3 Å². The van der Waals surface area contributed by atoms with Crippen LogP contribution in [-0.2, 0) is 17.6 Å². The number of carbonyl (C=O) groups is 1. The van der Waals surface area contributed by atoms with Gasteiger partial charge in [-0.25, -0.2) is 4.39 Å². The molecule has 0 aliphatic heterocycles. The maximum atomic E-state index is 13.3. The zero-order valence-electron chi connectivity index (χ0n) is 15.8. The Balaban J connectivity index is 1.68. The van der Waals surface area contributed by atoms with Gasteiger partial charge in [-0.2, -0.15) is 0 Å². The van der Waals surface area contributed by atoms with E-state index in [1.807, 2.05) is 42.5 Å². The highest BCUT2D eigenvalue weighted by molar-refractivity contribution is 5.83. The molecule has 3 rings (SSSR count). The van der Waals surface area contributed by atoms with Crippen LogP contribution < -0.4 is 10.1 Å². The van der Waals surface area contributed by atoms with Gasteiger partial charge in [0.1, 0.15) is 11.6 Å². The molecule has 0 aliphatic rings. The molecule has 3 aromatic rings. The molecule has 1 heterocycles. The van der Waals surface area contributed by atoms with Crippen molar-refractivity contribution >= 4 is 5.91 Å². The van der Waals surface area contributed by atoms with E-state index in [-0.39, 0.29) is 11.7 Å². The number of rotatable bonds is 8. The molecular formula is C23H23FN2O2. The van der Waals surface area contributed by atoms with Crippen molar-refractivity contribution in [2.45, 2.75) is 18.8 Å². The van der Waals surface area contributed by atoms with Crippen LogP contribution in [0.3, 0.4) is 0 Å². The molecule has 2 aromatic carbocycles. The molecule has 1 atom stereocenters. The molecule has 1 amide bonds. The van der Waals surface area contributed by atoms with E-state index < -0.39 is 5.92 Å². The second-order valence-electron chi connectivity index (χ2n) is 6.52. The van der Waals surface area contributed by atoms with Crippen molar-refractivity contribution in [3.8, 4) is 5.75 Å². The fourth-order valence-electron chi connectivity index (χ4n) is 3.07. The summed E-state index contributed by atoms with van der Waals surface area (Å²) in [7, 11) is 1.63. The van der Waals surface area contributed by atoms with Gasteiger partial charge in [-0.15, -0.1) is 0 Å². The summed E-state index contributed by atoms with van der Waals surface area (Å²) in [6, 6.07) is 19.5. The average molecular weight is 378 g/mol. The maximum absolute atomic E-state index is 13.3. The number of amides is 1. The van der Waals surface area contributed by atoms with E-state index >= 15 is 0 Å². The van der Waals surface area contributed by atoms with Crippen LogP contribution in [0.15, 0.2) is 72.9 Å². The molecule has 0 saturated carbocycles. The largest absolute Gasteiger partial charge is 0.497 e. The average Bonchev–Trinajstić information content (AvgIpc) is 2.73. The summed E-state index contributed by atoms with van der Waals surface area (Å²) in [5.74, 6) is -0.0529. The number of ether oxygens (including phenoxy) is 1. The lowest BCUT2D eigenvalue weighted by atomic mass is 9.93. The van der Waals surface area contributed by atoms with E-state index in [9.17, 15) is 9.18 Å². The molecule has 0 bridgehead atoms. The van der Waals surface area contributed by atoms with Crippen LogP contribution in [0.5, 0.6) is 5.75 Å². The Morgan fingerprint density at radius 1 is 1.11 bits per heavy atom. The monoisotopic (exact) mass is 378 g/mol. The van der Waals surface area contributed by atoms with Gasteiger partial charge in [-0.3, -0.25) is 9.78 Å². The first-order chi connectivity index (χ1) is 13.7. The molecule has 28 heavy (non-hydrogen) atoms. The van der Waals surface area contributed by atoms with E-state index in [1.54, 1.807) is 25.4 Å². The van der Waals surface area contributed by atoms with E-state index in [0.29, 0.717) is 19.4 Å². The van der Waals surface area contributed by atoms with Crippen molar-refractivity contribution in [1.29, 1.82) is 0 Å². The molecule has 0 aliphatic carbocycles. The molecule has 144 valence electrons. The Hall–Kier alpha value is -3.21. The predicted octanol–water partition coefficient (Wildman–Crippen LogP) is 3.91. The van der Waals surface area contributed by atoms with Gasteiger partial charge >= 0.3 is 0 Å². The van der Waals surface area contributed by atoms with Crippen molar-refractivity contribution < 1.29 is 13.9 Å². The standard InChI is InChI=1S/C23H23FN2O2/c1-28-21-7-4-5-17(15-21)12-14-26-23(27)22(16-20-6-2-3-13-25-20)18-8-10-19(24)11-9-18/h2-11,13,15,22H,12,14,16H2,1H3,(H,26,27). The van der Waals surface area contributed by atoms with Crippen LogP contribution in [0.1, 0.15) is 22.7 Å². The summed E-state index contributed by atoms with van der Waals surface area (Å²) in [5, 5.41) is 3.00. The number of nitrogens with zero attached hydrogens (tertiary/aromatic N) is 1. The zero-order chi connectivity index (χ0) is 19.8. The van der Waals surface area contributed by atoms with E-state index in [2.05, 4.69) is 10.3 Å². The van der Waals surface area contributed by atoms with Gasteiger partial charge in [0, 0.05) is 24.9 Å². The molecule has 1 N–H and O–H groups in total. The number of carbonyl (C=O) groups excluding carboxylic acids is 1.